The Bertz CT molecular complexity index is 249. The molecular weight excluding hydrogens is 190 g/mol. The smallest absolute Gasteiger partial charge is 0.0902 e. The minimum atomic E-state index is -1.32. The highest BCUT2D eigenvalue weighted by Gasteiger charge is 2.55. The molecule has 1 aliphatic rings. The molecular formula is C11H21NOSi. The lowest BCUT2D eigenvalue weighted by molar-refractivity contribution is 0.383. The van der Waals surface area contributed by atoms with Crippen LogP contribution in [0.5, 0.6) is 0 Å². The molecule has 80 valence electrons. The molecule has 0 aromatic carbocycles. The van der Waals surface area contributed by atoms with Gasteiger partial charge in [-0.25, -0.2) is 0 Å². The molecule has 1 saturated heterocycles. The van der Waals surface area contributed by atoms with E-state index in [1.165, 1.54) is 0 Å². The molecule has 0 N–H and O–H groups in total. The lowest BCUT2D eigenvalue weighted by atomic mass is 10.2. The van der Waals surface area contributed by atoms with Crippen molar-refractivity contribution < 1.29 is 4.74 Å². The van der Waals surface area contributed by atoms with E-state index in [-0.39, 0.29) is 0 Å². The number of nitrogens with zero attached hydrogens (tertiary/aromatic N) is 1. The highest BCUT2D eigenvalue weighted by atomic mass is 28.3. The Kier molecular flexibility index (Phi) is 3.08. The molecule has 1 fully saturated rings. The van der Waals surface area contributed by atoms with Crippen molar-refractivity contribution in [2.75, 3.05) is 0 Å². The zero-order chi connectivity index (χ0) is 11.0. The largest absolute Gasteiger partial charge is 0.373 e. The number of rotatable bonds is 3. The highest BCUT2D eigenvalue weighted by molar-refractivity contribution is 6.82. The molecule has 0 unspecified atom stereocenters. The van der Waals surface area contributed by atoms with Crippen molar-refractivity contribution in [1.82, 2.24) is 0 Å². The van der Waals surface area contributed by atoms with E-state index in [1.807, 2.05) is 0 Å². The van der Waals surface area contributed by atoms with Gasteiger partial charge in [-0.15, -0.1) is 0 Å². The maximum Gasteiger partial charge on any atom is 0.0902 e. The third kappa shape index (κ3) is 2.18. The predicted molar refractivity (Wildman–Crippen MR) is 60.7 cm³/mol. The summed E-state index contributed by atoms with van der Waals surface area (Å²) in [6, 6.07) is 2.19. The first-order valence-electron chi connectivity index (χ1n) is 5.33. The second-order valence-electron chi connectivity index (χ2n) is 5.76. The summed E-state index contributed by atoms with van der Waals surface area (Å²) in [4.78, 5) is 0. The molecule has 0 amide bonds. The van der Waals surface area contributed by atoms with Crippen LogP contribution < -0.4 is 0 Å². The third-order valence-electron chi connectivity index (χ3n) is 3.77. The van der Waals surface area contributed by atoms with Gasteiger partial charge >= 0.3 is 0 Å². The summed E-state index contributed by atoms with van der Waals surface area (Å²) < 4.78 is 5.72. The molecule has 3 heteroatoms. The lowest BCUT2D eigenvalue weighted by Crippen LogP contribution is -2.44. The van der Waals surface area contributed by atoms with Gasteiger partial charge in [0, 0.05) is 6.42 Å². The van der Waals surface area contributed by atoms with E-state index in [0.29, 0.717) is 23.3 Å². The van der Waals surface area contributed by atoms with Crippen LogP contribution in [0.3, 0.4) is 0 Å². The molecule has 0 radical (unpaired) electrons. The van der Waals surface area contributed by atoms with Crippen molar-refractivity contribution in [1.29, 1.82) is 5.26 Å². The summed E-state index contributed by atoms with van der Waals surface area (Å²) >= 11 is 0. The minimum Gasteiger partial charge on any atom is -0.373 e. The number of epoxide rings is 1. The Hall–Kier alpha value is -0.333. The maximum absolute atomic E-state index is 8.50. The van der Waals surface area contributed by atoms with Crippen molar-refractivity contribution in [2.24, 2.45) is 0 Å². The second-order valence-corrected chi connectivity index (χ2v) is 11.3. The summed E-state index contributed by atoms with van der Waals surface area (Å²) in [5, 5.41) is 8.89. The van der Waals surface area contributed by atoms with Crippen LogP contribution in [0.25, 0.3) is 0 Å². The molecule has 0 aromatic rings. The van der Waals surface area contributed by atoms with E-state index in [2.05, 4.69) is 39.9 Å². The standard InChI is InChI=1S/C11H21NOSi/c1-11(2,3)14(4,5)10-9(13-10)7-6-8-12/h9-10H,6-7H2,1-5H3/t9-,10-/m1/s1. The van der Waals surface area contributed by atoms with E-state index in [1.54, 1.807) is 0 Å². The molecule has 0 bridgehead atoms. The van der Waals surface area contributed by atoms with Crippen molar-refractivity contribution in [2.45, 2.75) is 63.6 Å². The summed E-state index contributed by atoms with van der Waals surface area (Å²) in [6.45, 7) is 11.7. The first-order chi connectivity index (χ1) is 6.30. The van der Waals surface area contributed by atoms with Crippen LogP contribution in [0.1, 0.15) is 33.6 Å². The van der Waals surface area contributed by atoms with E-state index in [0.717, 1.165) is 6.42 Å². The normalized spacial score (nSPS) is 27.1. The average molecular weight is 211 g/mol. The molecule has 2 atom stereocenters. The number of nitriles is 1. The van der Waals surface area contributed by atoms with Crippen molar-refractivity contribution >= 4 is 8.07 Å². The monoisotopic (exact) mass is 211 g/mol. The number of hydrogen-bond donors (Lipinski definition) is 0. The highest BCUT2D eigenvalue weighted by Crippen LogP contribution is 2.46. The Morgan fingerprint density at radius 2 is 1.93 bits per heavy atom. The number of hydrogen-bond acceptors (Lipinski definition) is 2. The van der Waals surface area contributed by atoms with Gasteiger partial charge in [0.25, 0.3) is 0 Å². The van der Waals surface area contributed by atoms with Gasteiger partial charge in [-0.1, -0.05) is 33.9 Å². The zero-order valence-corrected chi connectivity index (χ0v) is 10.9. The van der Waals surface area contributed by atoms with Crippen LogP contribution >= 0.6 is 0 Å². The van der Waals surface area contributed by atoms with Crippen LogP contribution in [0.2, 0.25) is 18.1 Å². The minimum absolute atomic E-state index is 0.385. The number of ether oxygens (including phenoxy) is 1. The van der Waals surface area contributed by atoms with Crippen LogP contribution in [-0.2, 0) is 4.74 Å². The van der Waals surface area contributed by atoms with E-state index in [9.17, 15) is 0 Å². The molecule has 2 nitrogen and oxygen atoms in total. The van der Waals surface area contributed by atoms with E-state index < -0.39 is 8.07 Å². The topological polar surface area (TPSA) is 36.3 Å². The average Bonchev–Trinajstić information content (AvgIpc) is 2.77. The van der Waals surface area contributed by atoms with Gasteiger partial charge < -0.3 is 4.74 Å². The first-order valence-corrected chi connectivity index (χ1v) is 8.41. The van der Waals surface area contributed by atoms with Gasteiger partial charge in [-0.3, -0.25) is 0 Å². The van der Waals surface area contributed by atoms with Crippen molar-refractivity contribution in [3.05, 3.63) is 0 Å². The molecule has 1 heterocycles. The fraction of sp³-hybridized carbons (Fsp3) is 0.909. The summed E-state index contributed by atoms with van der Waals surface area (Å²) in [5.41, 5.74) is 0.482. The van der Waals surface area contributed by atoms with Crippen molar-refractivity contribution in [3.8, 4) is 6.07 Å². The van der Waals surface area contributed by atoms with Gasteiger partial charge in [0.15, 0.2) is 0 Å². The summed E-state index contributed by atoms with van der Waals surface area (Å²) in [6.07, 6.45) is 1.94. The Morgan fingerprint density at radius 1 is 1.36 bits per heavy atom. The molecule has 0 aliphatic carbocycles. The van der Waals surface area contributed by atoms with Gasteiger partial charge in [0.1, 0.15) is 0 Å². The summed E-state index contributed by atoms with van der Waals surface area (Å²) in [7, 11) is -1.32. The van der Waals surface area contributed by atoms with Crippen LogP contribution in [0.15, 0.2) is 0 Å². The maximum atomic E-state index is 8.50. The van der Waals surface area contributed by atoms with Crippen molar-refractivity contribution in [3.63, 3.8) is 0 Å². The Morgan fingerprint density at radius 3 is 2.36 bits per heavy atom. The van der Waals surface area contributed by atoms with E-state index >= 15 is 0 Å². The van der Waals surface area contributed by atoms with Crippen LogP contribution in [0, 0.1) is 11.3 Å². The lowest BCUT2D eigenvalue weighted by Gasteiger charge is -2.35. The van der Waals surface area contributed by atoms with Gasteiger partial charge in [-0.05, 0) is 11.5 Å². The quantitative estimate of drug-likeness (QED) is 0.531. The molecule has 0 aromatic heterocycles. The van der Waals surface area contributed by atoms with Crippen LogP contribution in [0.4, 0.5) is 0 Å². The van der Waals surface area contributed by atoms with Gasteiger partial charge in [-0.2, -0.15) is 5.26 Å². The molecule has 1 rings (SSSR count). The Labute approximate surface area is 88.3 Å². The molecule has 1 aliphatic heterocycles. The molecule has 14 heavy (non-hydrogen) atoms. The predicted octanol–water partition coefficient (Wildman–Crippen LogP) is 3.11. The SMILES string of the molecule is CC(C)(C)[Si](C)(C)[C@H]1O[C@@H]1CCC#N. The zero-order valence-electron chi connectivity index (χ0n) is 9.92. The fourth-order valence-electron chi connectivity index (χ4n) is 1.63. The van der Waals surface area contributed by atoms with Crippen LogP contribution in [-0.4, -0.2) is 19.9 Å². The fourth-order valence-corrected chi connectivity index (χ4v) is 4.10. The molecule has 0 spiro atoms. The Balaban J connectivity index is 2.50. The summed E-state index contributed by atoms with van der Waals surface area (Å²) in [5.74, 6) is 0. The second kappa shape index (κ2) is 3.67. The van der Waals surface area contributed by atoms with Gasteiger partial charge in [0.05, 0.1) is 26.0 Å². The van der Waals surface area contributed by atoms with Gasteiger partial charge in [0.2, 0.25) is 0 Å². The first kappa shape index (κ1) is 11.7. The van der Waals surface area contributed by atoms with E-state index in [4.69, 9.17) is 10.00 Å². The molecule has 0 saturated carbocycles. The third-order valence-corrected chi connectivity index (χ3v) is 9.56.